The molecule has 1 unspecified atom stereocenters. The first-order valence-electron chi connectivity index (χ1n) is 4.11. The maximum absolute atomic E-state index is 13.3. The second-order valence-electron chi connectivity index (χ2n) is 2.83. The van der Waals surface area contributed by atoms with Gasteiger partial charge in [0.05, 0.1) is 7.11 Å². The molecule has 1 rings (SSSR count). The topological polar surface area (TPSA) is 43.0 Å². The highest BCUT2D eigenvalue weighted by molar-refractivity contribution is 4.79. The monoisotopic (exact) mass is 252 g/mol. The van der Waals surface area contributed by atoms with Crippen LogP contribution in [0.3, 0.4) is 0 Å². The lowest BCUT2D eigenvalue weighted by Crippen LogP contribution is -2.64. The number of alkyl halides is 5. The minimum absolute atomic E-state index is 0.0279. The first-order chi connectivity index (χ1) is 7.27. The molecular formula is C6H9F5N2O3. The third-order valence-electron chi connectivity index (χ3n) is 1.71. The fourth-order valence-corrected chi connectivity index (χ4v) is 1.12. The molecule has 0 aliphatic carbocycles. The van der Waals surface area contributed by atoms with Crippen molar-refractivity contribution in [1.82, 2.24) is 10.4 Å². The number of nitrogens with one attached hydrogen (secondary N) is 1. The van der Waals surface area contributed by atoms with E-state index in [1.807, 2.05) is 5.32 Å². The lowest BCUT2D eigenvalue weighted by atomic mass is 10.3. The van der Waals surface area contributed by atoms with Crippen LogP contribution in [0.15, 0.2) is 0 Å². The summed E-state index contributed by atoms with van der Waals surface area (Å²) in [6.45, 7) is -0.516. The number of piperazine rings is 1. The summed E-state index contributed by atoms with van der Waals surface area (Å²) in [5.41, 5.74) is 0. The normalized spacial score (nSPS) is 27.0. The molecule has 0 aromatic carbocycles. The van der Waals surface area contributed by atoms with Crippen molar-refractivity contribution in [3.63, 3.8) is 0 Å². The van der Waals surface area contributed by atoms with Gasteiger partial charge in [-0.3, -0.25) is 10.1 Å². The molecule has 1 aliphatic rings. The fourth-order valence-electron chi connectivity index (χ4n) is 1.12. The number of rotatable bonds is 3. The summed E-state index contributed by atoms with van der Waals surface area (Å²) >= 11 is 0. The van der Waals surface area contributed by atoms with E-state index in [-0.39, 0.29) is 18.2 Å². The molecule has 1 aliphatic heterocycles. The van der Waals surface area contributed by atoms with E-state index >= 15 is 0 Å². The van der Waals surface area contributed by atoms with Crippen molar-refractivity contribution in [2.45, 2.75) is 18.6 Å². The molecule has 1 saturated heterocycles. The van der Waals surface area contributed by atoms with E-state index in [0.29, 0.717) is 0 Å². The number of nitrogens with zero attached hydrogens (tertiary/aromatic N) is 1. The van der Waals surface area contributed by atoms with Gasteiger partial charge in [0, 0.05) is 13.1 Å². The molecular weight excluding hydrogens is 243 g/mol. The zero-order chi connectivity index (χ0) is 12.4. The van der Waals surface area contributed by atoms with Crippen LogP contribution in [0, 0.1) is 0 Å². The van der Waals surface area contributed by atoms with Crippen LogP contribution >= 0.6 is 0 Å². The predicted octanol–water partition coefficient (Wildman–Crippen LogP) is 0.840. The zero-order valence-corrected chi connectivity index (χ0v) is 8.05. The van der Waals surface area contributed by atoms with Crippen molar-refractivity contribution in [2.24, 2.45) is 0 Å². The molecule has 5 nitrogen and oxygen atoms in total. The molecule has 96 valence electrons. The molecule has 1 heterocycles. The van der Waals surface area contributed by atoms with Crippen molar-refractivity contribution < 1.29 is 36.6 Å². The summed E-state index contributed by atoms with van der Waals surface area (Å²) in [5, 5.41) is 1.86. The standard InChI is InChI=1S/C6H9F5N2O3/c1-14-16-13-3-2-12-4(5(13,7)8)15-6(9,10)11/h4,12H,2-3H2,1H3. The van der Waals surface area contributed by atoms with Crippen LogP contribution in [0.1, 0.15) is 0 Å². The zero-order valence-electron chi connectivity index (χ0n) is 8.05. The van der Waals surface area contributed by atoms with E-state index in [2.05, 4.69) is 14.6 Å². The molecule has 1 fully saturated rings. The highest BCUT2D eigenvalue weighted by atomic mass is 19.4. The van der Waals surface area contributed by atoms with Gasteiger partial charge in [-0.15, -0.1) is 18.2 Å². The molecule has 0 radical (unpaired) electrons. The Morgan fingerprint density at radius 1 is 1.38 bits per heavy atom. The van der Waals surface area contributed by atoms with Crippen LogP contribution in [0.4, 0.5) is 22.0 Å². The second kappa shape index (κ2) is 4.75. The largest absolute Gasteiger partial charge is 0.524 e. The van der Waals surface area contributed by atoms with Gasteiger partial charge in [-0.1, -0.05) is 5.06 Å². The lowest BCUT2D eigenvalue weighted by Gasteiger charge is -2.38. The minimum Gasteiger partial charge on any atom is -0.284 e. The summed E-state index contributed by atoms with van der Waals surface area (Å²) in [7, 11) is 0.956. The number of ether oxygens (including phenoxy) is 1. The summed E-state index contributed by atoms with van der Waals surface area (Å²) in [6.07, 6.45) is -7.71. The van der Waals surface area contributed by atoms with Gasteiger partial charge in [-0.2, -0.15) is 8.78 Å². The van der Waals surface area contributed by atoms with Gasteiger partial charge in [0.1, 0.15) is 0 Å². The number of hydrogen-bond acceptors (Lipinski definition) is 5. The molecule has 1 N–H and O–H groups in total. The van der Waals surface area contributed by atoms with Gasteiger partial charge in [0.2, 0.25) is 0 Å². The van der Waals surface area contributed by atoms with Crippen LogP contribution in [0.2, 0.25) is 0 Å². The van der Waals surface area contributed by atoms with Gasteiger partial charge >= 0.3 is 12.4 Å². The van der Waals surface area contributed by atoms with Crippen LogP contribution in [0.5, 0.6) is 0 Å². The van der Waals surface area contributed by atoms with Crippen molar-refractivity contribution >= 4 is 0 Å². The summed E-state index contributed by atoms with van der Waals surface area (Å²) < 4.78 is 65.2. The minimum atomic E-state index is -5.17. The lowest BCUT2D eigenvalue weighted by molar-refractivity contribution is -0.503. The molecule has 0 aromatic heterocycles. The quantitative estimate of drug-likeness (QED) is 0.349. The highest BCUT2D eigenvalue weighted by Gasteiger charge is 2.54. The second-order valence-corrected chi connectivity index (χ2v) is 2.83. The van der Waals surface area contributed by atoms with Crippen LogP contribution in [-0.2, 0) is 14.6 Å². The Morgan fingerprint density at radius 3 is 2.50 bits per heavy atom. The average molecular weight is 252 g/mol. The van der Waals surface area contributed by atoms with Gasteiger partial charge in [0.25, 0.3) is 0 Å². The Morgan fingerprint density at radius 2 is 2.00 bits per heavy atom. The SMILES string of the molecule is COON1CCNC(OC(F)(F)F)C1(F)F. The number of hydroxylamine groups is 2. The van der Waals surface area contributed by atoms with Crippen LogP contribution < -0.4 is 5.32 Å². The van der Waals surface area contributed by atoms with E-state index in [1.54, 1.807) is 0 Å². The Bertz CT molecular complexity index is 235. The van der Waals surface area contributed by atoms with Gasteiger partial charge in [-0.25, -0.2) is 4.89 Å². The van der Waals surface area contributed by atoms with Gasteiger partial charge in [0.15, 0.2) is 6.23 Å². The maximum Gasteiger partial charge on any atom is 0.524 e. The van der Waals surface area contributed by atoms with E-state index < -0.39 is 18.6 Å². The van der Waals surface area contributed by atoms with E-state index in [9.17, 15) is 22.0 Å². The predicted molar refractivity (Wildman–Crippen MR) is 38.7 cm³/mol. The van der Waals surface area contributed by atoms with Crippen molar-refractivity contribution in [3.8, 4) is 0 Å². The first kappa shape index (κ1) is 13.5. The highest BCUT2D eigenvalue weighted by Crippen LogP contribution is 2.31. The average Bonchev–Trinajstić information content (AvgIpc) is 2.10. The number of halogens is 5. The van der Waals surface area contributed by atoms with Crippen LogP contribution in [-0.4, -0.2) is 43.9 Å². The summed E-state index contributed by atoms with van der Waals surface area (Å²) in [5.74, 6) is 0. The van der Waals surface area contributed by atoms with Crippen molar-refractivity contribution in [3.05, 3.63) is 0 Å². The fraction of sp³-hybridized carbons (Fsp3) is 1.00. The first-order valence-corrected chi connectivity index (χ1v) is 4.11. The molecule has 0 aromatic rings. The molecule has 0 saturated carbocycles. The Kier molecular flexibility index (Phi) is 4.02. The molecule has 10 heteroatoms. The van der Waals surface area contributed by atoms with Crippen molar-refractivity contribution in [2.75, 3.05) is 20.2 Å². The summed E-state index contributed by atoms with van der Waals surface area (Å²) in [6, 6.07) is -4.00. The van der Waals surface area contributed by atoms with Gasteiger partial charge in [-0.05, 0) is 0 Å². The Balaban J connectivity index is 2.70. The smallest absolute Gasteiger partial charge is 0.284 e. The van der Waals surface area contributed by atoms with E-state index in [0.717, 1.165) is 7.11 Å². The van der Waals surface area contributed by atoms with E-state index in [4.69, 9.17) is 0 Å². The maximum atomic E-state index is 13.3. The molecule has 0 bridgehead atoms. The molecule has 16 heavy (non-hydrogen) atoms. The molecule has 0 spiro atoms. The summed E-state index contributed by atoms with van der Waals surface area (Å²) in [4.78, 5) is 8.02. The van der Waals surface area contributed by atoms with E-state index in [1.165, 1.54) is 0 Å². The van der Waals surface area contributed by atoms with Crippen molar-refractivity contribution in [1.29, 1.82) is 0 Å². The Labute approximate surface area is 86.9 Å². The third kappa shape index (κ3) is 3.22. The number of hydrogen-bond donors (Lipinski definition) is 1. The van der Waals surface area contributed by atoms with Gasteiger partial charge < -0.3 is 0 Å². The Hall–Kier alpha value is -0.550. The molecule has 0 amide bonds. The molecule has 1 atom stereocenters. The van der Waals surface area contributed by atoms with Crippen LogP contribution in [0.25, 0.3) is 0 Å². The third-order valence-corrected chi connectivity index (χ3v) is 1.71.